The second-order valence-corrected chi connectivity index (χ2v) is 6.54. The van der Waals surface area contributed by atoms with Crippen molar-refractivity contribution in [3.05, 3.63) is 58.0 Å². The third-order valence-corrected chi connectivity index (χ3v) is 4.36. The number of carbonyl (C=O) groups is 1. The van der Waals surface area contributed by atoms with Gasteiger partial charge in [0.1, 0.15) is 11.1 Å². The summed E-state index contributed by atoms with van der Waals surface area (Å²) in [6, 6.07) is 8.70. The molecule has 0 N–H and O–H groups in total. The minimum absolute atomic E-state index is 0.0106. The minimum Gasteiger partial charge on any atom is -0.422 e. The summed E-state index contributed by atoms with van der Waals surface area (Å²) >= 11 is 0. The highest BCUT2D eigenvalue weighted by atomic mass is 16.5. The van der Waals surface area contributed by atoms with Crippen LogP contribution in [-0.2, 0) is 0 Å². The normalized spacial score (nSPS) is 14.9. The number of rotatable bonds is 3. The van der Waals surface area contributed by atoms with E-state index >= 15 is 0 Å². The molecule has 1 saturated heterocycles. The van der Waals surface area contributed by atoms with E-state index < -0.39 is 5.63 Å². The molecule has 4 rings (SSSR count). The van der Waals surface area contributed by atoms with Crippen molar-refractivity contribution in [2.75, 3.05) is 13.1 Å². The van der Waals surface area contributed by atoms with E-state index in [-0.39, 0.29) is 23.3 Å². The Morgan fingerprint density at radius 2 is 2.04 bits per heavy atom. The van der Waals surface area contributed by atoms with Gasteiger partial charge in [0, 0.05) is 24.4 Å². The van der Waals surface area contributed by atoms with Crippen molar-refractivity contribution >= 4 is 16.9 Å². The van der Waals surface area contributed by atoms with E-state index in [2.05, 4.69) is 10.1 Å². The second kappa shape index (κ2) is 5.84. The summed E-state index contributed by atoms with van der Waals surface area (Å²) in [4.78, 5) is 30.6. The molecule has 25 heavy (non-hydrogen) atoms. The lowest BCUT2D eigenvalue weighted by Gasteiger charge is -2.36. The minimum atomic E-state index is -0.618. The quantitative estimate of drug-likeness (QED) is 0.681. The van der Waals surface area contributed by atoms with Crippen molar-refractivity contribution in [3.63, 3.8) is 0 Å². The van der Waals surface area contributed by atoms with Gasteiger partial charge in [-0.3, -0.25) is 4.79 Å². The standard InChI is InChI=1S/C18H17N3O4/c1-10(2)15-19-16(25-20-15)12-8-21(9-12)17(22)13-7-11-5-3-4-6-14(11)24-18(13)23/h3-7,10,12H,8-9H2,1-2H3. The van der Waals surface area contributed by atoms with E-state index in [0.717, 1.165) is 5.39 Å². The smallest absolute Gasteiger partial charge is 0.349 e. The third kappa shape index (κ3) is 2.71. The number of aromatic nitrogens is 2. The van der Waals surface area contributed by atoms with Gasteiger partial charge in [-0.1, -0.05) is 37.2 Å². The molecule has 0 bridgehead atoms. The summed E-state index contributed by atoms with van der Waals surface area (Å²) in [6.07, 6.45) is 0. The van der Waals surface area contributed by atoms with Crippen molar-refractivity contribution in [3.8, 4) is 0 Å². The van der Waals surface area contributed by atoms with Crippen LogP contribution in [0.1, 0.15) is 47.8 Å². The average Bonchev–Trinajstić information content (AvgIpc) is 3.02. The molecule has 1 fully saturated rings. The van der Waals surface area contributed by atoms with Gasteiger partial charge in [0.05, 0.1) is 5.92 Å². The van der Waals surface area contributed by atoms with E-state index in [0.29, 0.717) is 30.4 Å². The molecule has 3 heterocycles. The van der Waals surface area contributed by atoms with Crippen LogP contribution in [0.4, 0.5) is 0 Å². The average molecular weight is 339 g/mol. The van der Waals surface area contributed by atoms with Gasteiger partial charge in [-0.05, 0) is 12.1 Å². The summed E-state index contributed by atoms with van der Waals surface area (Å²) in [5.41, 5.74) is -0.102. The fourth-order valence-corrected chi connectivity index (χ4v) is 2.83. The lowest BCUT2D eigenvalue weighted by atomic mass is 9.99. The highest BCUT2D eigenvalue weighted by Gasteiger charge is 2.37. The van der Waals surface area contributed by atoms with Crippen LogP contribution in [0.15, 0.2) is 44.1 Å². The molecule has 0 atom stereocenters. The summed E-state index contributed by atoms with van der Waals surface area (Å²) in [5.74, 6) is 1.07. The van der Waals surface area contributed by atoms with Crippen molar-refractivity contribution in [2.45, 2.75) is 25.7 Å². The van der Waals surface area contributed by atoms with Crippen LogP contribution in [-0.4, -0.2) is 34.0 Å². The summed E-state index contributed by atoms with van der Waals surface area (Å²) in [7, 11) is 0. The highest BCUT2D eigenvalue weighted by Crippen LogP contribution is 2.28. The molecule has 1 aliphatic heterocycles. The zero-order valence-corrected chi connectivity index (χ0v) is 13.9. The first-order chi connectivity index (χ1) is 12.0. The highest BCUT2D eigenvalue weighted by molar-refractivity contribution is 5.97. The lowest BCUT2D eigenvalue weighted by Crippen LogP contribution is -2.49. The molecule has 0 unspecified atom stereocenters. The molecule has 7 heteroatoms. The number of para-hydroxylation sites is 1. The number of amides is 1. The molecular weight excluding hydrogens is 322 g/mol. The van der Waals surface area contributed by atoms with Gasteiger partial charge in [0.2, 0.25) is 5.89 Å². The molecule has 1 aliphatic rings. The van der Waals surface area contributed by atoms with Crippen LogP contribution < -0.4 is 5.63 Å². The Balaban J connectivity index is 1.51. The Labute approximate surface area is 143 Å². The first-order valence-corrected chi connectivity index (χ1v) is 8.18. The van der Waals surface area contributed by atoms with Gasteiger partial charge < -0.3 is 13.8 Å². The maximum Gasteiger partial charge on any atom is 0.349 e. The largest absolute Gasteiger partial charge is 0.422 e. The fourth-order valence-electron chi connectivity index (χ4n) is 2.83. The van der Waals surface area contributed by atoms with Crippen molar-refractivity contribution in [1.82, 2.24) is 15.0 Å². The van der Waals surface area contributed by atoms with Gasteiger partial charge in [0.25, 0.3) is 5.91 Å². The maximum atomic E-state index is 12.6. The van der Waals surface area contributed by atoms with Crippen LogP contribution in [0.3, 0.4) is 0 Å². The molecule has 0 saturated carbocycles. The topological polar surface area (TPSA) is 89.4 Å². The number of likely N-dealkylation sites (tertiary alicyclic amines) is 1. The van der Waals surface area contributed by atoms with E-state index in [4.69, 9.17) is 8.94 Å². The SMILES string of the molecule is CC(C)c1noc(C2CN(C(=O)c3cc4ccccc4oc3=O)C2)n1. The van der Waals surface area contributed by atoms with Crippen molar-refractivity contribution < 1.29 is 13.7 Å². The number of hydrogen-bond acceptors (Lipinski definition) is 6. The lowest BCUT2D eigenvalue weighted by molar-refractivity contribution is 0.0565. The monoisotopic (exact) mass is 339 g/mol. The maximum absolute atomic E-state index is 12.6. The van der Waals surface area contributed by atoms with Crippen LogP contribution >= 0.6 is 0 Å². The van der Waals surface area contributed by atoms with Gasteiger partial charge in [-0.25, -0.2) is 4.79 Å². The van der Waals surface area contributed by atoms with Crippen LogP contribution in [0, 0.1) is 0 Å². The Morgan fingerprint density at radius 3 is 2.76 bits per heavy atom. The predicted molar refractivity (Wildman–Crippen MR) is 89.5 cm³/mol. The fraction of sp³-hybridized carbons (Fsp3) is 0.333. The van der Waals surface area contributed by atoms with Gasteiger partial charge in [0.15, 0.2) is 5.82 Å². The molecule has 0 radical (unpaired) electrons. The summed E-state index contributed by atoms with van der Waals surface area (Å²) < 4.78 is 10.5. The van der Waals surface area contributed by atoms with Gasteiger partial charge in [-0.15, -0.1) is 0 Å². The first kappa shape index (κ1) is 15.6. The van der Waals surface area contributed by atoms with E-state index in [1.807, 2.05) is 19.9 Å². The molecule has 0 spiro atoms. The zero-order chi connectivity index (χ0) is 17.6. The van der Waals surface area contributed by atoms with E-state index in [1.165, 1.54) is 0 Å². The Bertz CT molecular complexity index is 999. The van der Waals surface area contributed by atoms with Gasteiger partial charge >= 0.3 is 5.63 Å². The van der Waals surface area contributed by atoms with Crippen LogP contribution in [0.2, 0.25) is 0 Å². The van der Waals surface area contributed by atoms with Gasteiger partial charge in [-0.2, -0.15) is 4.98 Å². The second-order valence-electron chi connectivity index (χ2n) is 6.54. The molecule has 3 aromatic rings. The third-order valence-electron chi connectivity index (χ3n) is 4.36. The number of fused-ring (bicyclic) bond motifs is 1. The molecule has 7 nitrogen and oxygen atoms in total. The molecule has 2 aromatic heterocycles. The number of nitrogens with zero attached hydrogens (tertiary/aromatic N) is 3. The van der Waals surface area contributed by atoms with Crippen LogP contribution in [0.25, 0.3) is 11.0 Å². The van der Waals surface area contributed by atoms with Crippen molar-refractivity contribution in [1.29, 1.82) is 0 Å². The number of hydrogen-bond donors (Lipinski definition) is 0. The number of carbonyl (C=O) groups excluding carboxylic acids is 1. The molecule has 1 amide bonds. The van der Waals surface area contributed by atoms with E-state index in [1.54, 1.807) is 29.2 Å². The molecule has 128 valence electrons. The number of benzene rings is 1. The summed E-state index contributed by atoms with van der Waals surface area (Å²) in [5, 5.41) is 4.66. The molecule has 1 aromatic carbocycles. The Hall–Kier alpha value is -2.96. The zero-order valence-electron chi connectivity index (χ0n) is 13.9. The van der Waals surface area contributed by atoms with E-state index in [9.17, 15) is 9.59 Å². The summed E-state index contributed by atoms with van der Waals surface area (Å²) in [6.45, 7) is 4.88. The Morgan fingerprint density at radius 1 is 1.28 bits per heavy atom. The Kier molecular flexibility index (Phi) is 3.63. The van der Waals surface area contributed by atoms with Crippen LogP contribution in [0.5, 0.6) is 0 Å². The first-order valence-electron chi connectivity index (χ1n) is 8.18. The molecule has 0 aliphatic carbocycles. The van der Waals surface area contributed by atoms with Crippen molar-refractivity contribution in [2.24, 2.45) is 0 Å². The predicted octanol–water partition coefficient (Wildman–Crippen LogP) is 2.54. The molecular formula is C18H17N3O4.